The van der Waals surface area contributed by atoms with Crippen LogP contribution >= 0.6 is 33.9 Å². The average Bonchev–Trinajstić information content (AvgIpc) is 2.91. The summed E-state index contributed by atoms with van der Waals surface area (Å²) in [5, 5.41) is 5.66. The maximum absolute atomic E-state index is 4.62. The summed E-state index contributed by atoms with van der Waals surface area (Å²) in [6.07, 6.45) is 0. The Labute approximate surface area is 136 Å². The molecule has 3 aromatic rings. The van der Waals surface area contributed by atoms with Crippen molar-refractivity contribution in [3.63, 3.8) is 0 Å². The number of thiazole rings is 1. The van der Waals surface area contributed by atoms with Crippen LogP contribution in [-0.2, 0) is 6.54 Å². The molecule has 0 aliphatic heterocycles. The molecule has 1 aromatic carbocycles. The van der Waals surface area contributed by atoms with E-state index >= 15 is 0 Å². The van der Waals surface area contributed by atoms with Crippen LogP contribution in [0.2, 0.25) is 0 Å². The maximum atomic E-state index is 4.62. The molecule has 0 aliphatic carbocycles. The van der Waals surface area contributed by atoms with Crippen LogP contribution in [0.1, 0.15) is 22.6 Å². The minimum Gasteiger partial charge on any atom is -0.379 e. The van der Waals surface area contributed by atoms with Crippen LogP contribution in [0.3, 0.4) is 0 Å². The highest BCUT2D eigenvalue weighted by Gasteiger charge is 2.11. The van der Waals surface area contributed by atoms with E-state index in [1.54, 1.807) is 11.3 Å². The van der Waals surface area contributed by atoms with Crippen molar-refractivity contribution in [2.24, 2.45) is 0 Å². The highest BCUT2D eigenvalue weighted by atomic mass is 127. The molecule has 0 bridgehead atoms. The van der Waals surface area contributed by atoms with Crippen molar-refractivity contribution >= 4 is 44.6 Å². The van der Waals surface area contributed by atoms with Crippen LogP contribution in [0.15, 0.2) is 23.6 Å². The zero-order valence-electron chi connectivity index (χ0n) is 11.7. The molecule has 0 aliphatic rings. The van der Waals surface area contributed by atoms with Gasteiger partial charge >= 0.3 is 0 Å². The van der Waals surface area contributed by atoms with Gasteiger partial charge in [0.15, 0.2) is 4.96 Å². The third-order valence-electron chi connectivity index (χ3n) is 3.46. The van der Waals surface area contributed by atoms with Crippen molar-refractivity contribution < 1.29 is 0 Å². The Morgan fingerprint density at radius 1 is 1.30 bits per heavy atom. The molecule has 0 spiro atoms. The summed E-state index contributed by atoms with van der Waals surface area (Å²) in [6, 6.07) is 6.47. The number of anilines is 1. The number of nitrogens with one attached hydrogen (secondary N) is 1. The standard InChI is InChI=1S/C15H16IN3S/c1-9-4-5-12(6-13(9)16)17-7-14-11(3)18-15-19(14)10(2)8-20-15/h4-6,8,17H,7H2,1-3H3. The highest BCUT2D eigenvalue weighted by Crippen LogP contribution is 2.22. The number of hydrogen-bond donors (Lipinski definition) is 1. The molecule has 0 fully saturated rings. The van der Waals surface area contributed by atoms with E-state index in [0.29, 0.717) is 0 Å². The molecule has 3 rings (SSSR count). The first-order valence-corrected chi connectivity index (χ1v) is 8.44. The molecular formula is C15H16IN3S. The van der Waals surface area contributed by atoms with Crippen LogP contribution in [0.5, 0.6) is 0 Å². The van der Waals surface area contributed by atoms with E-state index in [1.807, 2.05) is 0 Å². The predicted molar refractivity (Wildman–Crippen MR) is 93.8 cm³/mol. The second kappa shape index (κ2) is 5.37. The lowest BCUT2D eigenvalue weighted by Gasteiger charge is -2.09. The molecule has 0 unspecified atom stereocenters. The van der Waals surface area contributed by atoms with Crippen LogP contribution < -0.4 is 5.32 Å². The number of nitrogens with zero attached hydrogens (tertiary/aromatic N) is 2. The zero-order valence-corrected chi connectivity index (χ0v) is 14.7. The van der Waals surface area contributed by atoms with Crippen molar-refractivity contribution in [1.82, 2.24) is 9.38 Å². The van der Waals surface area contributed by atoms with Gasteiger partial charge in [-0.05, 0) is 61.1 Å². The Kier molecular flexibility index (Phi) is 3.72. The van der Waals surface area contributed by atoms with Gasteiger partial charge in [-0.2, -0.15) is 0 Å². The summed E-state index contributed by atoms with van der Waals surface area (Å²) < 4.78 is 3.53. The Morgan fingerprint density at radius 2 is 2.10 bits per heavy atom. The third-order valence-corrected chi connectivity index (χ3v) is 5.57. The van der Waals surface area contributed by atoms with E-state index in [1.165, 1.54) is 20.5 Å². The first-order valence-electron chi connectivity index (χ1n) is 6.48. The molecule has 0 saturated carbocycles. The summed E-state index contributed by atoms with van der Waals surface area (Å²) in [4.78, 5) is 5.70. The lowest BCUT2D eigenvalue weighted by molar-refractivity contribution is 0.966. The van der Waals surface area contributed by atoms with Crippen molar-refractivity contribution in [2.45, 2.75) is 27.3 Å². The van der Waals surface area contributed by atoms with Gasteiger partial charge in [-0.15, -0.1) is 11.3 Å². The van der Waals surface area contributed by atoms with Gasteiger partial charge in [-0.1, -0.05) is 6.07 Å². The minimum absolute atomic E-state index is 0.795. The number of imidazole rings is 1. The second-order valence-corrected chi connectivity index (χ2v) is 6.96. The number of benzene rings is 1. The fourth-order valence-electron chi connectivity index (χ4n) is 2.26. The van der Waals surface area contributed by atoms with Crippen LogP contribution in [0, 0.1) is 24.3 Å². The lowest BCUT2D eigenvalue weighted by atomic mass is 10.2. The van der Waals surface area contributed by atoms with E-state index in [9.17, 15) is 0 Å². The van der Waals surface area contributed by atoms with E-state index in [0.717, 1.165) is 22.9 Å². The number of halogens is 1. The molecule has 0 radical (unpaired) electrons. The first kappa shape index (κ1) is 13.9. The molecule has 20 heavy (non-hydrogen) atoms. The largest absolute Gasteiger partial charge is 0.379 e. The summed E-state index contributed by atoms with van der Waals surface area (Å²) in [7, 11) is 0. The smallest absolute Gasteiger partial charge is 0.194 e. The SMILES string of the molecule is Cc1ccc(NCc2c(C)nc3scc(C)n23)cc1I. The zero-order chi connectivity index (χ0) is 14.3. The van der Waals surface area contributed by atoms with E-state index < -0.39 is 0 Å². The molecule has 2 heterocycles. The van der Waals surface area contributed by atoms with Crippen molar-refractivity contribution in [3.05, 3.63) is 49.8 Å². The third kappa shape index (κ3) is 2.44. The summed E-state index contributed by atoms with van der Waals surface area (Å²) in [5.41, 5.74) is 6.07. The van der Waals surface area contributed by atoms with Gasteiger partial charge in [0, 0.05) is 20.3 Å². The predicted octanol–water partition coefficient (Wildman–Crippen LogP) is 4.54. The van der Waals surface area contributed by atoms with Gasteiger partial charge in [-0.25, -0.2) is 4.98 Å². The highest BCUT2D eigenvalue weighted by molar-refractivity contribution is 14.1. The topological polar surface area (TPSA) is 29.3 Å². The molecule has 0 amide bonds. The molecule has 2 aromatic heterocycles. The van der Waals surface area contributed by atoms with E-state index in [4.69, 9.17) is 0 Å². The maximum Gasteiger partial charge on any atom is 0.194 e. The van der Waals surface area contributed by atoms with Gasteiger partial charge in [0.1, 0.15) is 0 Å². The molecule has 5 heteroatoms. The normalized spacial score (nSPS) is 11.2. The quantitative estimate of drug-likeness (QED) is 0.658. The van der Waals surface area contributed by atoms with Gasteiger partial charge in [0.05, 0.1) is 17.9 Å². The van der Waals surface area contributed by atoms with Crippen molar-refractivity contribution in [1.29, 1.82) is 0 Å². The molecule has 104 valence electrons. The molecular weight excluding hydrogens is 381 g/mol. The van der Waals surface area contributed by atoms with Crippen LogP contribution in [0.4, 0.5) is 5.69 Å². The van der Waals surface area contributed by atoms with Gasteiger partial charge in [-0.3, -0.25) is 4.40 Å². The monoisotopic (exact) mass is 397 g/mol. The van der Waals surface area contributed by atoms with E-state index in [2.05, 4.69) is 81.6 Å². The van der Waals surface area contributed by atoms with Crippen LogP contribution in [0.25, 0.3) is 4.96 Å². The van der Waals surface area contributed by atoms with Crippen molar-refractivity contribution in [2.75, 3.05) is 5.32 Å². The van der Waals surface area contributed by atoms with E-state index in [-0.39, 0.29) is 0 Å². The fraction of sp³-hybridized carbons (Fsp3) is 0.267. The molecule has 0 saturated heterocycles. The Balaban J connectivity index is 1.88. The first-order chi connectivity index (χ1) is 9.56. The number of aryl methyl sites for hydroxylation is 3. The van der Waals surface area contributed by atoms with Gasteiger partial charge in [0.2, 0.25) is 0 Å². The number of rotatable bonds is 3. The Morgan fingerprint density at radius 3 is 2.85 bits per heavy atom. The summed E-state index contributed by atoms with van der Waals surface area (Å²) >= 11 is 4.07. The number of fused-ring (bicyclic) bond motifs is 1. The molecule has 1 N–H and O–H groups in total. The molecule has 0 atom stereocenters. The Hall–Kier alpha value is -1.08. The summed E-state index contributed by atoms with van der Waals surface area (Å²) in [5.74, 6) is 0. The van der Waals surface area contributed by atoms with Gasteiger partial charge < -0.3 is 5.32 Å². The number of aromatic nitrogens is 2. The lowest BCUT2D eigenvalue weighted by Crippen LogP contribution is -2.05. The fourth-order valence-corrected chi connectivity index (χ4v) is 3.71. The van der Waals surface area contributed by atoms with Crippen molar-refractivity contribution in [3.8, 4) is 0 Å². The van der Waals surface area contributed by atoms with Gasteiger partial charge in [0.25, 0.3) is 0 Å². The second-order valence-electron chi connectivity index (χ2n) is 4.96. The average molecular weight is 397 g/mol. The Bertz CT molecular complexity index is 773. The molecule has 3 nitrogen and oxygen atoms in total. The van der Waals surface area contributed by atoms with Crippen LogP contribution in [-0.4, -0.2) is 9.38 Å². The number of hydrogen-bond acceptors (Lipinski definition) is 3. The summed E-state index contributed by atoms with van der Waals surface area (Å²) in [6.45, 7) is 7.13. The minimum atomic E-state index is 0.795.